The summed E-state index contributed by atoms with van der Waals surface area (Å²) >= 11 is 1.63. The molecule has 0 radical (unpaired) electrons. The molecule has 0 atom stereocenters. The Labute approximate surface area is 171 Å². The third-order valence-electron chi connectivity index (χ3n) is 4.74. The number of anilines is 1. The van der Waals surface area contributed by atoms with Crippen LogP contribution < -0.4 is 10.2 Å². The number of rotatable bonds is 9. The van der Waals surface area contributed by atoms with E-state index in [-0.39, 0.29) is 11.8 Å². The Hall–Kier alpha value is -2.12. The molecular weight excluding hydrogens is 372 g/mol. The minimum absolute atomic E-state index is 0.0743. The maximum absolute atomic E-state index is 12.4. The molecule has 1 N–H and O–H groups in total. The Balaban J connectivity index is 1.52. The van der Waals surface area contributed by atoms with Gasteiger partial charge in [-0.1, -0.05) is 30.0 Å². The molecule has 0 saturated carbocycles. The lowest BCUT2D eigenvalue weighted by molar-refractivity contribution is -0.125. The number of carbonyl (C=O) groups is 1. The number of nitrogens with one attached hydrogen (secondary N) is 1. The van der Waals surface area contributed by atoms with Gasteiger partial charge in [-0.3, -0.25) is 4.79 Å². The summed E-state index contributed by atoms with van der Waals surface area (Å²) in [5, 5.41) is 3.95. The Bertz CT molecular complexity index is 736. The lowest BCUT2D eigenvalue weighted by Gasteiger charge is -2.32. The number of benzene rings is 1. The zero-order chi connectivity index (χ0) is 19.6. The molecule has 1 aliphatic heterocycles. The maximum Gasteiger partial charge on any atom is 0.223 e. The van der Waals surface area contributed by atoms with Crippen LogP contribution in [-0.4, -0.2) is 48.7 Å². The molecule has 1 saturated heterocycles. The Morgan fingerprint density at radius 1 is 1.21 bits per heavy atom. The third-order valence-corrected chi connectivity index (χ3v) is 5.73. The average molecular weight is 401 g/mol. The molecule has 2 heterocycles. The molecule has 1 aromatic carbocycles. The SMILES string of the molecule is CCOCCCNC(=O)C1CCN(c2nccnc2Sc2ccccc2)CC1. The molecular formula is C21H28N4O2S. The van der Waals surface area contributed by atoms with Gasteiger partial charge < -0.3 is 15.0 Å². The number of carbonyl (C=O) groups excluding carboxylic acids is 1. The summed E-state index contributed by atoms with van der Waals surface area (Å²) in [5.74, 6) is 1.14. The summed E-state index contributed by atoms with van der Waals surface area (Å²) in [6.07, 6.45) is 6.00. The zero-order valence-corrected chi connectivity index (χ0v) is 17.2. The van der Waals surface area contributed by atoms with Crippen LogP contribution in [0.2, 0.25) is 0 Å². The molecule has 1 fully saturated rings. The highest BCUT2D eigenvalue weighted by molar-refractivity contribution is 7.99. The third kappa shape index (κ3) is 5.94. The van der Waals surface area contributed by atoms with E-state index < -0.39 is 0 Å². The number of aromatic nitrogens is 2. The smallest absolute Gasteiger partial charge is 0.223 e. The second kappa shape index (κ2) is 11.0. The number of piperidine rings is 1. The van der Waals surface area contributed by atoms with Crippen molar-refractivity contribution in [1.29, 1.82) is 0 Å². The van der Waals surface area contributed by atoms with Gasteiger partial charge in [0, 0.05) is 56.1 Å². The number of amides is 1. The number of hydrogen-bond acceptors (Lipinski definition) is 6. The first-order valence-electron chi connectivity index (χ1n) is 9.92. The predicted octanol–water partition coefficient (Wildman–Crippen LogP) is 3.39. The number of nitrogens with zero attached hydrogens (tertiary/aromatic N) is 3. The van der Waals surface area contributed by atoms with Gasteiger partial charge in [-0.15, -0.1) is 0 Å². The van der Waals surface area contributed by atoms with Crippen molar-refractivity contribution in [2.24, 2.45) is 5.92 Å². The van der Waals surface area contributed by atoms with Crippen molar-refractivity contribution in [3.05, 3.63) is 42.7 Å². The van der Waals surface area contributed by atoms with Crippen molar-refractivity contribution in [3.63, 3.8) is 0 Å². The van der Waals surface area contributed by atoms with E-state index in [0.29, 0.717) is 13.2 Å². The largest absolute Gasteiger partial charge is 0.382 e. The molecule has 6 nitrogen and oxygen atoms in total. The fourth-order valence-corrected chi connectivity index (χ4v) is 4.14. The standard InChI is InChI=1S/C21H28N4O2S/c1-2-27-16-6-11-23-20(26)17-9-14-25(15-10-17)19-21(24-13-12-22-19)28-18-7-4-3-5-8-18/h3-5,7-8,12-13,17H,2,6,9-11,14-16H2,1H3,(H,23,26). The van der Waals surface area contributed by atoms with Crippen molar-refractivity contribution < 1.29 is 9.53 Å². The summed E-state index contributed by atoms with van der Waals surface area (Å²) in [6, 6.07) is 10.2. The molecule has 0 spiro atoms. The van der Waals surface area contributed by atoms with Gasteiger partial charge in [0.1, 0.15) is 5.03 Å². The van der Waals surface area contributed by atoms with E-state index in [0.717, 1.165) is 54.7 Å². The minimum Gasteiger partial charge on any atom is -0.382 e. The summed E-state index contributed by atoms with van der Waals surface area (Å²) < 4.78 is 5.30. The van der Waals surface area contributed by atoms with E-state index in [1.165, 1.54) is 0 Å². The van der Waals surface area contributed by atoms with Crippen molar-refractivity contribution in [2.75, 3.05) is 37.7 Å². The fourth-order valence-electron chi connectivity index (χ4n) is 3.23. The van der Waals surface area contributed by atoms with Gasteiger partial charge in [0.2, 0.25) is 5.91 Å². The summed E-state index contributed by atoms with van der Waals surface area (Å²) in [6.45, 7) is 5.72. The van der Waals surface area contributed by atoms with E-state index in [4.69, 9.17) is 4.74 Å². The Morgan fingerprint density at radius 3 is 2.71 bits per heavy atom. The first kappa shape index (κ1) is 20.6. The van der Waals surface area contributed by atoms with Gasteiger partial charge in [0.15, 0.2) is 5.82 Å². The molecule has 7 heteroatoms. The maximum atomic E-state index is 12.4. The lowest BCUT2D eigenvalue weighted by atomic mass is 9.96. The first-order valence-corrected chi connectivity index (χ1v) is 10.7. The Morgan fingerprint density at radius 2 is 1.96 bits per heavy atom. The molecule has 28 heavy (non-hydrogen) atoms. The molecule has 150 valence electrons. The monoisotopic (exact) mass is 400 g/mol. The summed E-state index contributed by atoms with van der Waals surface area (Å²) in [4.78, 5) is 24.9. The van der Waals surface area contributed by atoms with Crippen LogP contribution in [0, 0.1) is 5.92 Å². The highest BCUT2D eigenvalue weighted by atomic mass is 32.2. The lowest BCUT2D eigenvalue weighted by Crippen LogP contribution is -2.41. The van der Waals surface area contributed by atoms with Crippen molar-refractivity contribution in [3.8, 4) is 0 Å². The van der Waals surface area contributed by atoms with Crippen LogP contribution in [0.4, 0.5) is 5.82 Å². The van der Waals surface area contributed by atoms with Crippen molar-refractivity contribution >= 4 is 23.5 Å². The second-order valence-electron chi connectivity index (χ2n) is 6.70. The van der Waals surface area contributed by atoms with E-state index in [1.807, 2.05) is 25.1 Å². The average Bonchev–Trinajstić information content (AvgIpc) is 2.75. The van der Waals surface area contributed by atoms with Gasteiger partial charge in [-0.2, -0.15) is 0 Å². The zero-order valence-electron chi connectivity index (χ0n) is 16.3. The van der Waals surface area contributed by atoms with Crippen LogP contribution in [0.3, 0.4) is 0 Å². The molecule has 1 aromatic heterocycles. The number of ether oxygens (including phenoxy) is 1. The normalized spacial score (nSPS) is 14.8. The summed E-state index contributed by atoms with van der Waals surface area (Å²) in [7, 11) is 0. The molecule has 3 rings (SSSR count). The van der Waals surface area contributed by atoms with Crippen LogP contribution in [-0.2, 0) is 9.53 Å². The van der Waals surface area contributed by atoms with Gasteiger partial charge in [-0.05, 0) is 38.3 Å². The van der Waals surface area contributed by atoms with Gasteiger partial charge >= 0.3 is 0 Å². The second-order valence-corrected chi connectivity index (χ2v) is 7.77. The van der Waals surface area contributed by atoms with Crippen LogP contribution in [0.1, 0.15) is 26.2 Å². The molecule has 0 aliphatic carbocycles. The van der Waals surface area contributed by atoms with Gasteiger partial charge in [0.05, 0.1) is 0 Å². The molecule has 0 unspecified atom stereocenters. The molecule has 1 aliphatic rings. The number of hydrogen-bond donors (Lipinski definition) is 1. The molecule has 0 bridgehead atoms. The highest BCUT2D eigenvalue weighted by Gasteiger charge is 2.26. The Kier molecular flexibility index (Phi) is 8.11. The summed E-state index contributed by atoms with van der Waals surface area (Å²) in [5.41, 5.74) is 0. The molecule has 2 aromatic rings. The van der Waals surface area contributed by atoms with Crippen LogP contribution in [0.25, 0.3) is 0 Å². The van der Waals surface area contributed by atoms with Crippen LogP contribution >= 0.6 is 11.8 Å². The van der Waals surface area contributed by atoms with E-state index >= 15 is 0 Å². The highest BCUT2D eigenvalue weighted by Crippen LogP contribution is 2.33. The van der Waals surface area contributed by atoms with Gasteiger partial charge in [0.25, 0.3) is 0 Å². The first-order chi connectivity index (χ1) is 13.8. The minimum atomic E-state index is 0.0743. The van der Waals surface area contributed by atoms with Crippen LogP contribution in [0.15, 0.2) is 52.6 Å². The fraction of sp³-hybridized carbons (Fsp3) is 0.476. The van der Waals surface area contributed by atoms with Gasteiger partial charge in [-0.25, -0.2) is 9.97 Å². The van der Waals surface area contributed by atoms with Crippen molar-refractivity contribution in [1.82, 2.24) is 15.3 Å². The van der Waals surface area contributed by atoms with E-state index in [2.05, 4.69) is 32.3 Å². The van der Waals surface area contributed by atoms with Crippen molar-refractivity contribution in [2.45, 2.75) is 36.1 Å². The molecule has 1 amide bonds. The topological polar surface area (TPSA) is 67.3 Å². The quantitative estimate of drug-likeness (QED) is 0.651. The van der Waals surface area contributed by atoms with Crippen LogP contribution in [0.5, 0.6) is 0 Å². The predicted molar refractivity (Wildman–Crippen MR) is 112 cm³/mol. The van der Waals surface area contributed by atoms with E-state index in [1.54, 1.807) is 24.2 Å². The van der Waals surface area contributed by atoms with E-state index in [9.17, 15) is 4.79 Å².